The molecule has 49 heavy (non-hydrogen) atoms. The zero-order valence-electron chi connectivity index (χ0n) is 27.4. The number of carbonyl (C=O) groups is 1. The van der Waals surface area contributed by atoms with Gasteiger partial charge in [-0.2, -0.15) is 0 Å². The Morgan fingerprint density at radius 2 is 1.63 bits per heavy atom. The van der Waals surface area contributed by atoms with Crippen molar-refractivity contribution >= 4 is 17.6 Å². The largest absolute Gasteiger partial charge is 0.361 e. The molecule has 0 saturated heterocycles. The molecule has 3 aliphatic rings. The number of methoxy groups -OCH3 is 1. The Bertz CT molecular complexity index is 2180. The van der Waals surface area contributed by atoms with Gasteiger partial charge in [-0.05, 0) is 30.3 Å². The van der Waals surface area contributed by atoms with Crippen molar-refractivity contribution in [1.82, 2.24) is 0 Å². The average molecular weight is 758 g/mol. The van der Waals surface area contributed by atoms with E-state index in [0.717, 1.165) is 34.4 Å². The Labute approximate surface area is 296 Å². The molecular weight excluding hydrogens is 723 g/mol. The second kappa shape index (κ2) is 13.7. The molecule has 0 N–H and O–H groups in total. The van der Waals surface area contributed by atoms with Crippen LogP contribution < -0.4 is 31.0 Å². The van der Waals surface area contributed by atoms with Crippen LogP contribution >= 0.6 is 0 Å². The monoisotopic (exact) mass is 757 g/mol. The quantitative estimate of drug-likeness (QED) is 0.0989. The fraction of sp³-hybridized carbons (Fsp3) is 0.116. The van der Waals surface area contributed by atoms with Crippen molar-refractivity contribution < 1.29 is 45.0 Å². The molecule has 1 aliphatic heterocycles. The van der Waals surface area contributed by atoms with Gasteiger partial charge >= 0.3 is 198 Å². The van der Waals surface area contributed by atoms with E-state index in [2.05, 4.69) is 42.2 Å². The third kappa shape index (κ3) is 6.74. The predicted molar refractivity (Wildman–Crippen MR) is 188 cm³/mol. The van der Waals surface area contributed by atoms with Gasteiger partial charge in [-0.1, -0.05) is 24.3 Å². The zero-order chi connectivity index (χ0) is 34.0. The SMILES string of the molecule is COc1cccc(-c2cc(C=C3C(=O)C(/C=C4\C=C(c5cccc([I-]C)c5)OC(C5(C)C=CC=CC5)=C4)=C3[O-])cc(-c3ccccc3)[o+]2)c1. The number of ether oxygens (including phenoxy) is 2. The first-order valence-electron chi connectivity index (χ1n) is 16.0. The van der Waals surface area contributed by atoms with Crippen LogP contribution in [-0.2, 0) is 9.53 Å². The molecule has 1 aromatic heterocycles. The van der Waals surface area contributed by atoms with E-state index in [1.165, 1.54) is 3.57 Å². The average Bonchev–Trinajstić information content (AvgIpc) is 3.16. The van der Waals surface area contributed by atoms with Crippen molar-refractivity contribution in [1.29, 1.82) is 0 Å². The molecule has 3 aromatic carbocycles. The normalized spacial score (nSPS) is 20.3. The van der Waals surface area contributed by atoms with Gasteiger partial charge in [0.25, 0.3) is 0 Å². The number of benzene rings is 3. The van der Waals surface area contributed by atoms with Crippen LogP contribution in [0.2, 0.25) is 0 Å². The van der Waals surface area contributed by atoms with E-state index in [9.17, 15) is 9.90 Å². The van der Waals surface area contributed by atoms with Crippen LogP contribution in [0.3, 0.4) is 0 Å². The Morgan fingerprint density at radius 1 is 0.878 bits per heavy atom. The van der Waals surface area contributed by atoms with E-state index in [0.29, 0.717) is 28.6 Å². The standard InChI is InChI=1S/C43H35IO5/c1-43(18-8-5-9-19-43)40-25-29(24-39(49-40)31-14-10-16-33(26-31)44-2)21-36-41(45)35(42(36)46)20-28-22-37(30-12-6-4-7-13-30)48-38(23-28)32-15-11-17-34(27-32)47-3/h4-18,20-27,45H,19H2,1-3H3/p-1. The molecule has 4 aromatic rings. The second-order valence-electron chi connectivity index (χ2n) is 12.2. The van der Waals surface area contributed by atoms with Gasteiger partial charge in [0.15, 0.2) is 0 Å². The van der Waals surface area contributed by atoms with E-state index < -0.39 is 0 Å². The number of alkyl halides is 1. The first-order valence-corrected chi connectivity index (χ1v) is 19.2. The maximum absolute atomic E-state index is 13.6. The number of hydrogen-bond donors (Lipinski definition) is 0. The number of halogens is 1. The van der Waals surface area contributed by atoms with Gasteiger partial charge in [0.05, 0.1) is 30.4 Å². The fourth-order valence-corrected chi connectivity index (χ4v) is 7.21. The van der Waals surface area contributed by atoms with Gasteiger partial charge in [-0.3, -0.25) is 0 Å². The number of allylic oxidation sites excluding steroid dienone is 10. The summed E-state index contributed by atoms with van der Waals surface area (Å²) in [6.45, 7) is 2.14. The molecule has 7 rings (SSSR count). The topological polar surface area (TPSA) is 69.9 Å². The van der Waals surface area contributed by atoms with Crippen LogP contribution in [0.5, 0.6) is 5.75 Å². The maximum atomic E-state index is 13.6. The van der Waals surface area contributed by atoms with E-state index in [-0.39, 0.29) is 49.3 Å². The molecular formula is C43H34IO5-. The van der Waals surface area contributed by atoms with E-state index in [1.807, 2.05) is 97.1 Å². The minimum Gasteiger partial charge on any atom is -0.207 e. The molecule has 0 bridgehead atoms. The molecule has 6 heteroatoms. The van der Waals surface area contributed by atoms with Crippen molar-refractivity contribution in [2.75, 3.05) is 12.0 Å². The number of Topliss-reactive ketones (excluding diaryl/α,β-unsaturated/α-hetero) is 1. The summed E-state index contributed by atoms with van der Waals surface area (Å²) in [7, 11) is 1.62. The molecule has 0 saturated carbocycles. The number of carbonyl (C=O) groups excluding carboxylic acids is 1. The molecule has 244 valence electrons. The number of rotatable bonds is 8. The summed E-state index contributed by atoms with van der Waals surface area (Å²) in [5.74, 6) is 2.80. The number of ketones is 1. The second-order valence-corrected chi connectivity index (χ2v) is 14.5. The van der Waals surface area contributed by atoms with E-state index in [1.54, 1.807) is 19.3 Å². The van der Waals surface area contributed by atoms with Crippen molar-refractivity contribution in [3.8, 4) is 28.4 Å². The molecule has 0 fully saturated rings. The molecule has 1 unspecified atom stereocenters. The van der Waals surface area contributed by atoms with Crippen molar-refractivity contribution in [3.63, 3.8) is 0 Å². The Balaban J connectivity index is 1.28. The first-order chi connectivity index (χ1) is 23.8. The van der Waals surface area contributed by atoms with Gasteiger partial charge in [-0.25, -0.2) is 4.42 Å². The van der Waals surface area contributed by atoms with Crippen molar-refractivity contribution in [2.45, 2.75) is 13.3 Å². The molecule has 2 aliphatic carbocycles. The predicted octanol–water partition coefficient (Wildman–Crippen LogP) is 5.78. The van der Waals surface area contributed by atoms with Crippen LogP contribution in [0.1, 0.15) is 24.5 Å². The summed E-state index contributed by atoms with van der Waals surface area (Å²) in [5.41, 5.74) is 4.03. The maximum Gasteiger partial charge on any atom is 0.361 e. The van der Waals surface area contributed by atoms with Gasteiger partial charge in [0, 0.05) is 0 Å². The zero-order valence-corrected chi connectivity index (χ0v) is 29.6. The first kappa shape index (κ1) is 32.3. The molecule has 0 radical (unpaired) electrons. The third-order valence-corrected chi connectivity index (χ3v) is 10.7. The summed E-state index contributed by atoms with van der Waals surface area (Å²) >= 11 is -0.100. The third-order valence-electron chi connectivity index (χ3n) is 8.79. The van der Waals surface area contributed by atoms with Gasteiger partial charge in [0.2, 0.25) is 0 Å². The van der Waals surface area contributed by atoms with Gasteiger partial charge in [-0.15, -0.1) is 0 Å². The molecule has 1 atom stereocenters. The minimum absolute atomic E-state index is 0.100. The van der Waals surface area contributed by atoms with Crippen molar-refractivity contribution in [3.05, 3.63) is 176 Å². The van der Waals surface area contributed by atoms with Crippen LogP contribution in [-0.4, -0.2) is 17.8 Å². The Hall–Kier alpha value is -5.21. The van der Waals surface area contributed by atoms with Gasteiger partial charge in [0.1, 0.15) is 5.75 Å². The summed E-state index contributed by atoms with van der Waals surface area (Å²) in [5, 5.41) is 13.6. The molecule has 0 amide bonds. The molecule has 0 spiro atoms. The Morgan fingerprint density at radius 3 is 2.37 bits per heavy atom. The van der Waals surface area contributed by atoms with Gasteiger partial charge < -0.3 is 4.74 Å². The summed E-state index contributed by atoms with van der Waals surface area (Å²) < 4.78 is 19.6. The van der Waals surface area contributed by atoms with Crippen LogP contribution in [0.25, 0.3) is 34.5 Å². The smallest absolute Gasteiger partial charge is 0.207 e. The fourth-order valence-electron chi connectivity index (χ4n) is 6.00. The van der Waals surface area contributed by atoms with Crippen LogP contribution in [0, 0.1) is 8.99 Å². The minimum atomic E-state index is -0.360. The van der Waals surface area contributed by atoms with E-state index in [4.69, 9.17) is 13.9 Å². The Kier molecular flexibility index (Phi) is 9.06. The summed E-state index contributed by atoms with van der Waals surface area (Å²) in [4.78, 5) is 15.9. The van der Waals surface area contributed by atoms with E-state index >= 15 is 0 Å². The van der Waals surface area contributed by atoms with Crippen LogP contribution in [0.15, 0.2) is 166 Å². The van der Waals surface area contributed by atoms with Crippen LogP contribution in [0.4, 0.5) is 0 Å². The molecule has 5 nitrogen and oxygen atoms in total. The summed E-state index contributed by atoms with van der Waals surface area (Å²) in [6, 6.07) is 29.4. The summed E-state index contributed by atoms with van der Waals surface area (Å²) in [6.07, 6.45) is 16.3. The molecule has 2 heterocycles. The van der Waals surface area contributed by atoms with Crippen molar-refractivity contribution in [2.24, 2.45) is 5.41 Å². The number of hydrogen-bond acceptors (Lipinski definition) is 4.